The summed E-state index contributed by atoms with van der Waals surface area (Å²) in [4.78, 5) is 25.5. The summed E-state index contributed by atoms with van der Waals surface area (Å²) >= 11 is 0. The van der Waals surface area contributed by atoms with Gasteiger partial charge in [-0.25, -0.2) is 0 Å². The minimum Gasteiger partial charge on any atom is -0.486 e. The van der Waals surface area contributed by atoms with Gasteiger partial charge in [0.15, 0.2) is 17.3 Å². The van der Waals surface area contributed by atoms with Crippen molar-refractivity contribution in [1.82, 2.24) is 0 Å². The van der Waals surface area contributed by atoms with Crippen molar-refractivity contribution in [2.75, 3.05) is 6.79 Å². The molecule has 6 rings (SSSR count). The lowest BCUT2D eigenvalue weighted by Crippen LogP contribution is -2.44. The molecule has 1 saturated carbocycles. The highest BCUT2D eigenvalue weighted by Crippen LogP contribution is 2.51. The molecule has 2 aromatic carbocycles. The van der Waals surface area contributed by atoms with Crippen LogP contribution < -0.4 is 18.9 Å². The maximum Gasteiger partial charge on any atom is 0.312 e. The maximum absolute atomic E-state index is 13.1. The molecule has 30 heavy (non-hydrogen) atoms. The van der Waals surface area contributed by atoms with E-state index in [1.807, 2.05) is 18.2 Å². The second-order valence-corrected chi connectivity index (χ2v) is 8.64. The molecule has 3 heterocycles. The Morgan fingerprint density at radius 2 is 1.70 bits per heavy atom. The van der Waals surface area contributed by atoms with Crippen LogP contribution in [0.25, 0.3) is 0 Å². The normalized spacial score (nSPS) is 23.4. The maximum atomic E-state index is 13.1. The van der Waals surface area contributed by atoms with Crippen molar-refractivity contribution in [2.45, 2.75) is 56.5 Å². The molecule has 0 radical (unpaired) electrons. The highest BCUT2D eigenvalue weighted by Gasteiger charge is 2.44. The summed E-state index contributed by atoms with van der Waals surface area (Å²) in [5.41, 5.74) is 1.88. The molecule has 1 fully saturated rings. The van der Waals surface area contributed by atoms with Gasteiger partial charge in [-0.1, -0.05) is 12.5 Å². The van der Waals surface area contributed by atoms with E-state index in [-0.39, 0.29) is 30.9 Å². The molecule has 0 N–H and O–H groups in total. The van der Waals surface area contributed by atoms with E-state index in [4.69, 9.17) is 18.9 Å². The molecule has 4 aliphatic rings. The molecule has 0 unspecified atom stereocenters. The topological polar surface area (TPSA) is 71.1 Å². The molecule has 6 nitrogen and oxygen atoms in total. The minimum atomic E-state index is -0.432. The zero-order chi connectivity index (χ0) is 20.3. The Balaban J connectivity index is 1.50. The minimum absolute atomic E-state index is 0.113. The lowest BCUT2D eigenvalue weighted by molar-refractivity contribution is -0.135. The van der Waals surface area contributed by atoms with Crippen LogP contribution in [0.5, 0.6) is 23.0 Å². The van der Waals surface area contributed by atoms with E-state index in [0.29, 0.717) is 35.0 Å². The van der Waals surface area contributed by atoms with Gasteiger partial charge < -0.3 is 18.9 Å². The molecule has 2 aromatic rings. The van der Waals surface area contributed by atoms with Gasteiger partial charge in [-0.3, -0.25) is 9.59 Å². The van der Waals surface area contributed by atoms with E-state index < -0.39 is 5.60 Å². The SMILES string of the molecule is O=C1C[C@@H](c2ccc3c(c2)OCO3)c2c(ccc3c2OC2(CCCCC2)CC3=O)O1. The van der Waals surface area contributed by atoms with Gasteiger partial charge in [-0.2, -0.15) is 0 Å². The molecule has 3 aliphatic heterocycles. The third-order valence-electron chi connectivity index (χ3n) is 6.76. The van der Waals surface area contributed by atoms with Crippen LogP contribution in [0.4, 0.5) is 0 Å². The van der Waals surface area contributed by atoms with Crippen molar-refractivity contribution in [3.63, 3.8) is 0 Å². The van der Waals surface area contributed by atoms with Gasteiger partial charge in [-0.15, -0.1) is 0 Å². The van der Waals surface area contributed by atoms with Crippen LogP contribution in [-0.2, 0) is 4.79 Å². The lowest BCUT2D eigenvalue weighted by Gasteiger charge is -2.42. The van der Waals surface area contributed by atoms with Crippen molar-refractivity contribution in [1.29, 1.82) is 0 Å². The molecule has 0 aromatic heterocycles. The Kier molecular flexibility index (Phi) is 3.85. The van der Waals surface area contributed by atoms with Crippen molar-refractivity contribution in [3.05, 3.63) is 47.0 Å². The summed E-state index contributed by atoms with van der Waals surface area (Å²) in [7, 11) is 0. The summed E-state index contributed by atoms with van der Waals surface area (Å²) in [6.45, 7) is 0.192. The average Bonchev–Trinajstić information content (AvgIpc) is 3.21. The monoisotopic (exact) mass is 406 g/mol. The number of ketones is 1. The van der Waals surface area contributed by atoms with Gasteiger partial charge in [0.1, 0.15) is 17.1 Å². The van der Waals surface area contributed by atoms with Crippen LogP contribution in [0.1, 0.15) is 72.3 Å². The van der Waals surface area contributed by atoms with E-state index in [1.165, 1.54) is 6.42 Å². The Morgan fingerprint density at radius 1 is 0.900 bits per heavy atom. The summed E-state index contributed by atoms with van der Waals surface area (Å²) in [6, 6.07) is 9.19. The highest BCUT2D eigenvalue weighted by molar-refractivity contribution is 6.01. The molecular weight excluding hydrogens is 384 g/mol. The number of Topliss-reactive ketones (excluding diaryl/α,β-unsaturated/α-hetero) is 1. The highest BCUT2D eigenvalue weighted by atomic mass is 16.7. The molecular formula is C24H22O6. The summed E-state index contributed by atoms with van der Waals surface area (Å²) in [5, 5.41) is 0. The van der Waals surface area contributed by atoms with Crippen LogP contribution in [0.2, 0.25) is 0 Å². The van der Waals surface area contributed by atoms with Gasteiger partial charge in [0.25, 0.3) is 0 Å². The first kappa shape index (κ1) is 17.8. The molecule has 0 bridgehead atoms. The second kappa shape index (κ2) is 6.49. The number of rotatable bonds is 1. The number of carbonyl (C=O) groups is 2. The predicted molar refractivity (Wildman–Crippen MR) is 106 cm³/mol. The van der Waals surface area contributed by atoms with Gasteiger partial charge in [-0.05, 0) is 55.5 Å². The summed E-state index contributed by atoms with van der Waals surface area (Å²) in [6.07, 6.45) is 5.69. The summed E-state index contributed by atoms with van der Waals surface area (Å²) < 4.78 is 23.2. The van der Waals surface area contributed by atoms with E-state index in [0.717, 1.165) is 36.8 Å². The van der Waals surface area contributed by atoms with E-state index in [9.17, 15) is 9.59 Å². The van der Waals surface area contributed by atoms with Crippen LogP contribution in [0, 0.1) is 0 Å². The zero-order valence-corrected chi connectivity index (χ0v) is 16.6. The Hall–Kier alpha value is -3.02. The number of benzene rings is 2. The van der Waals surface area contributed by atoms with Crippen LogP contribution in [-0.4, -0.2) is 24.1 Å². The fourth-order valence-electron chi connectivity index (χ4n) is 5.29. The predicted octanol–water partition coefficient (Wildman–Crippen LogP) is 4.52. The molecule has 0 amide bonds. The standard InChI is InChI=1S/C24H22O6/c25-17-12-24(8-2-1-3-9-24)30-23-15(17)5-7-19-22(23)16(11-21(26)29-19)14-4-6-18-20(10-14)28-13-27-18/h4-7,10,16H,1-3,8-9,11-13H2/t16-/m0/s1. The van der Waals surface area contributed by atoms with Gasteiger partial charge in [0.05, 0.1) is 18.4 Å². The Labute approximate surface area is 174 Å². The van der Waals surface area contributed by atoms with E-state index in [1.54, 1.807) is 12.1 Å². The van der Waals surface area contributed by atoms with Crippen molar-refractivity contribution < 1.29 is 28.5 Å². The number of hydrogen-bond donors (Lipinski definition) is 0. The van der Waals surface area contributed by atoms with Crippen LogP contribution in [0.3, 0.4) is 0 Å². The van der Waals surface area contributed by atoms with Crippen molar-refractivity contribution in [2.24, 2.45) is 0 Å². The largest absolute Gasteiger partial charge is 0.486 e. The number of esters is 1. The van der Waals surface area contributed by atoms with Crippen molar-refractivity contribution in [3.8, 4) is 23.0 Å². The Morgan fingerprint density at radius 3 is 2.57 bits per heavy atom. The van der Waals surface area contributed by atoms with Crippen molar-refractivity contribution >= 4 is 11.8 Å². The first-order valence-electron chi connectivity index (χ1n) is 10.6. The number of carbonyl (C=O) groups excluding carboxylic acids is 2. The molecule has 6 heteroatoms. The van der Waals surface area contributed by atoms with Crippen LogP contribution >= 0.6 is 0 Å². The average molecular weight is 406 g/mol. The van der Waals surface area contributed by atoms with Gasteiger partial charge >= 0.3 is 5.97 Å². The molecule has 0 saturated heterocycles. The van der Waals surface area contributed by atoms with Gasteiger partial charge in [0, 0.05) is 11.5 Å². The first-order valence-corrected chi connectivity index (χ1v) is 10.6. The summed E-state index contributed by atoms with van der Waals surface area (Å²) in [5.74, 6) is 1.99. The van der Waals surface area contributed by atoms with E-state index >= 15 is 0 Å². The zero-order valence-electron chi connectivity index (χ0n) is 16.6. The second-order valence-electron chi connectivity index (χ2n) is 8.64. The smallest absolute Gasteiger partial charge is 0.312 e. The van der Waals surface area contributed by atoms with Crippen LogP contribution in [0.15, 0.2) is 30.3 Å². The molecule has 1 aliphatic carbocycles. The third-order valence-corrected chi connectivity index (χ3v) is 6.76. The van der Waals surface area contributed by atoms with Gasteiger partial charge in [0.2, 0.25) is 6.79 Å². The lowest BCUT2D eigenvalue weighted by atomic mass is 9.76. The number of fused-ring (bicyclic) bond motifs is 4. The van der Waals surface area contributed by atoms with E-state index in [2.05, 4.69) is 0 Å². The molecule has 1 atom stereocenters. The first-order chi connectivity index (χ1) is 14.6. The third kappa shape index (κ3) is 2.70. The molecule has 1 spiro atoms. The number of ether oxygens (including phenoxy) is 4. The number of hydrogen-bond acceptors (Lipinski definition) is 6. The quantitative estimate of drug-likeness (QED) is 0.512. The fourth-order valence-corrected chi connectivity index (χ4v) is 5.29. The Bertz CT molecular complexity index is 1070. The molecule has 154 valence electrons. The fraction of sp³-hybridized carbons (Fsp3) is 0.417.